The molecule has 0 radical (unpaired) electrons. The Hall–Kier alpha value is -2.33. The molecule has 0 aliphatic rings. The molecule has 1 heterocycles. The van der Waals surface area contributed by atoms with Crippen molar-refractivity contribution in [3.63, 3.8) is 0 Å². The maximum atomic E-state index is 11.9. The van der Waals surface area contributed by atoms with Crippen LogP contribution in [0.4, 0.5) is 0 Å². The molecular weight excluding hydrogens is 286 g/mol. The molecule has 106 valence electrons. The summed E-state index contributed by atoms with van der Waals surface area (Å²) in [5.41, 5.74) is 2.81. The number of amides is 1. The van der Waals surface area contributed by atoms with Crippen LogP contribution >= 0.6 is 11.6 Å². The molecule has 3 aromatic rings. The number of rotatable bonds is 4. The van der Waals surface area contributed by atoms with Crippen LogP contribution in [0, 0.1) is 0 Å². The summed E-state index contributed by atoms with van der Waals surface area (Å²) in [6.07, 6.45) is 0.331. The largest absolute Gasteiger partial charge is 0.349 e. The number of carbonyl (C=O) groups excluding carboxylic acids is 1. The summed E-state index contributed by atoms with van der Waals surface area (Å²) in [6, 6.07) is 15.0. The van der Waals surface area contributed by atoms with Crippen LogP contribution in [0.25, 0.3) is 11.0 Å². The number of nitrogens with zero attached hydrogens (tertiary/aromatic N) is 1. The highest BCUT2D eigenvalue weighted by atomic mass is 35.5. The number of nitrogens with one attached hydrogen (secondary N) is 2. The Morgan fingerprint density at radius 3 is 2.67 bits per heavy atom. The first-order valence-corrected chi connectivity index (χ1v) is 7.03. The van der Waals surface area contributed by atoms with Gasteiger partial charge in [-0.1, -0.05) is 35.9 Å². The van der Waals surface area contributed by atoms with E-state index < -0.39 is 0 Å². The molecule has 2 N–H and O–H groups in total. The highest BCUT2D eigenvalue weighted by molar-refractivity contribution is 6.30. The molecule has 0 spiro atoms. The fourth-order valence-electron chi connectivity index (χ4n) is 2.12. The lowest BCUT2D eigenvalue weighted by Gasteiger charge is -2.03. The van der Waals surface area contributed by atoms with Gasteiger partial charge in [0.05, 0.1) is 24.0 Å². The predicted molar refractivity (Wildman–Crippen MR) is 83.1 cm³/mol. The summed E-state index contributed by atoms with van der Waals surface area (Å²) in [5.74, 6) is 0.707. The van der Waals surface area contributed by atoms with Crippen molar-refractivity contribution in [3.8, 4) is 0 Å². The number of hydrogen-bond acceptors (Lipinski definition) is 2. The van der Waals surface area contributed by atoms with E-state index in [9.17, 15) is 4.79 Å². The number of aromatic nitrogens is 2. The van der Waals surface area contributed by atoms with Gasteiger partial charge in [0.15, 0.2) is 0 Å². The molecule has 0 saturated carbocycles. The first kappa shape index (κ1) is 13.6. The molecule has 21 heavy (non-hydrogen) atoms. The number of benzene rings is 2. The van der Waals surface area contributed by atoms with Gasteiger partial charge in [0.2, 0.25) is 5.91 Å². The van der Waals surface area contributed by atoms with E-state index in [-0.39, 0.29) is 5.91 Å². The van der Waals surface area contributed by atoms with Crippen LogP contribution in [0.5, 0.6) is 0 Å². The van der Waals surface area contributed by atoms with E-state index in [4.69, 9.17) is 11.6 Å². The Bertz CT molecular complexity index is 732. The molecule has 0 atom stereocenters. The molecular formula is C16H14ClN3O. The van der Waals surface area contributed by atoms with Gasteiger partial charge in [-0.15, -0.1) is 0 Å². The van der Waals surface area contributed by atoms with Crippen molar-refractivity contribution < 1.29 is 4.79 Å². The number of aromatic amines is 1. The van der Waals surface area contributed by atoms with Crippen LogP contribution in [0.3, 0.4) is 0 Å². The summed E-state index contributed by atoms with van der Waals surface area (Å²) in [6.45, 7) is 0.390. The zero-order chi connectivity index (χ0) is 14.7. The lowest BCUT2D eigenvalue weighted by Crippen LogP contribution is -2.25. The van der Waals surface area contributed by atoms with Gasteiger partial charge in [0, 0.05) is 5.02 Å². The van der Waals surface area contributed by atoms with Crippen LogP contribution < -0.4 is 5.32 Å². The average Bonchev–Trinajstić information content (AvgIpc) is 2.90. The maximum Gasteiger partial charge on any atom is 0.224 e. The number of hydrogen-bond donors (Lipinski definition) is 2. The Labute approximate surface area is 127 Å². The second-order valence-electron chi connectivity index (χ2n) is 4.78. The minimum atomic E-state index is -0.0437. The van der Waals surface area contributed by atoms with Crippen LogP contribution in [-0.2, 0) is 17.8 Å². The Kier molecular flexibility index (Phi) is 3.88. The molecule has 0 aliphatic carbocycles. The summed E-state index contributed by atoms with van der Waals surface area (Å²) >= 11 is 5.82. The SMILES string of the molecule is O=C(Cc1ccc(Cl)cc1)NCc1nc2ccccc2[nH]1. The second-order valence-corrected chi connectivity index (χ2v) is 5.22. The zero-order valence-corrected chi connectivity index (χ0v) is 12.0. The number of halogens is 1. The molecule has 0 fully saturated rings. The smallest absolute Gasteiger partial charge is 0.224 e. The Morgan fingerprint density at radius 2 is 1.90 bits per heavy atom. The minimum Gasteiger partial charge on any atom is -0.349 e. The van der Waals surface area contributed by atoms with E-state index in [1.54, 1.807) is 12.1 Å². The van der Waals surface area contributed by atoms with Gasteiger partial charge in [-0.2, -0.15) is 0 Å². The molecule has 2 aromatic carbocycles. The van der Waals surface area contributed by atoms with Crippen LogP contribution in [0.2, 0.25) is 5.02 Å². The Morgan fingerprint density at radius 1 is 1.14 bits per heavy atom. The van der Waals surface area contributed by atoms with E-state index >= 15 is 0 Å². The van der Waals surface area contributed by atoms with E-state index in [1.165, 1.54) is 0 Å². The van der Waals surface area contributed by atoms with E-state index in [2.05, 4.69) is 15.3 Å². The van der Waals surface area contributed by atoms with Crippen LogP contribution in [0.1, 0.15) is 11.4 Å². The van der Waals surface area contributed by atoms with Crippen LogP contribution in [-0.4, -0.2) is 15.9 Å². The van der Waals surface area contributed by atoms with Gasteiger partial charge < -0.3 is 10.3 Å². The monoisotopic (exact) mass is 299 g/mol. The third kappa shape index (κ3) is 3.41. The van der Waals surface area contributed by atoms with Crippen molar-refractivity contribution in [2.24, 2.45) is 0 Å². The third-order valence-corrected chi connectivity index (χ3v) is 3.42. The van der Waals surface area contributed by atoms with Gasteiger partial charge >= 0.3 is 0 Å². The summed E-state index contributed by atoms with van der Waals surface area (Å²) < 4.78 is 0. The first-order chi connectivity index (χ1) is 10.2. The molecule has 0 saturated heterocycles. The van der Waals surface area contributed by atoms with Gasteiger partial charge in [0.25, 0.3) is 0 Å². The molecule has 3 rings (SSSR count). The molecule has 1 amide bonds. The lowest BCUT2D eigenvalue weighted by molar-refractivity contribution is -0.120. The summed E-state index contributed by atoms with van der Waals surface area (Å²) in [4.78, 5) is 19.5. The lowest BCUT2D eigenvalue weighted by atomic mass is 10.1. The number of fused-ring (bicyclic) bond motifs is 1. The highest BCUT2D eigenvalue weighted by Gasteiger charge is 2.06. The molecule has 0 bridgehead atoms. The quantitative estimate of drug-likeness (QED) is 0.778. The fourth-order valence-corrected chi connectivity index (χ4v) is 2.25. The van der Waals surface area contributed by atoms with Crippen LogP contribution in [0.15, 0.2) is 48.5 Å². The second kappa shape index (κ2) is 5.97. The zero-order valence-electron chi connectivity index (χ0n) is 11.3. The number of H-pyrrole nitrogens is 1. The Balaban J connectivity index is 1.59. The van der Waals surface area contributed by atoms with Crippen molar-refractivity contribution in [1.29, 1.82) is 0 Å². The number of para-hydroxylation sites is 2. The predicted octanol–water partition coefficient (Wildman–Crippen LogP) is 3.08. The number of imidazole rings is 1. The molecule has 0 unspecified atom stereocenters. The molecule has 4 nitrogen and oxygen atoms in total. The van der Waals surface area contributed by atoms with Gasteiger partial charge in [-0.05, 0) is 29.8 Å². The van der Waals surface area contributed by atoms with Gasteiger partial charge in [0.1, 0.15) is 5.82 Å². The van der Waals surface area contributed by atoms with Crippen molar-refractivity contribution >= 4 is 28.5 Å². The standard InChI is InChI=1S/C16H14ClN3O/c17-12-7-5-11(6-8-12)9-16(21)18-10-15-19-13-3-1-2-4-14(13)20-15/h1-8H,9-10H2,(H,18,21)(H,19,20). The number of carbonyl (C=O) groups is 1. The van der Waals surface area contributed by atoms with E-state index in [0.717, 1.165) is 22.4 Å². The average molecular weight is 300 g/mol. The van der Waals surface area contributed by atoms with Crippen molar-refractivity contribution in [2.45, 2.75) is 13.0 Å². The summed E-state index contributed by atoms with van der Waals surface area (Å²) in [5, 5.41) is 3.53. The highest BCUT2D eigenvalue weighted by Crippen LogP contribution is 2.11. The molecule has 5 heteroatoms. The van der Waals surface area contributed by atoms with Crippen molar-refractivity contribution in [3.05, 3.63) is 64.9 Å². The van der Waals surface area contributed by atoms with E-state index in [0.29, 0.717) is 18.0 Å². The molecule has 1 aromatic heterocycles. The van der Waals surface area contributed by atoms with Crippen molar-refractivity contribution in [2.75, 3.05) is 0 Å². The summed E-state index contributed by atoms with van der Waals surface area (Å²) in [7, 11) is 0. The van der Waals surface area contributed by atoms with Crippen molar-refractivity contribution in [1.82, 2.24) is 15.3 Å². The fraction of sp³-hybridized carbons (Fsp3) is 0.125. The van der Waals surface area contributed by atoms with E-state index in [1.807, 2.05) is 36.4 Å². The topological polar surface area (TPSA) is 57.8 Å². The van der Waals surface area contributed by atoms with Gasteiger partial charge in [-0.3, -0.25) is 4.79 Å². The molecule has 0 aliphatic heterocycles. The third-order valence-electron chi connectivity index (χ3n) is 3.17. The minimum absolute atomic E-state index is 0.0437. The van der Waals surface area contributed by atoms with Gasteiger partial charge in [-0.25, -0.2) is 4.98 Å². The first-order valence-electron chi connectivity index (χ1n) is 6.65. The normalized spacial score (nSPS) is 10.7. The maximum absolute atomic E-state index is 11.9.